The van der Waals surface area contributed by atoms with Gasteiger partial charge in [-0.15, -0.1) is 0 Å². The lowest BCUT2D eigenvalue weighted by molar-refractivity contribution is 0.627. The topological polar surface area (TPSA) is 17.0 Å². The summed E-state index contributed by atoms with van der Waals surface area (Å²) in [6.45, 7) is 3.96. The molecular weight excluding hydrogens is 342 g/mol. The van der Waals surface area contributed by atoms with E-state index in [2.05, 4.69) is 57.7 Å². The molecule has 0 saturated heterocycles. The smallest absolute Gasteiger partial charge is 0.124 e. The van der Waals surface area contributed by atoms with E-state index in [0.717, 1.165) is 28.8 Å². The second-order valence-corrected chi connectivity index (χ2v) is 5.33. The molecule has 96 valence electrons. The highest BCUT2D eigenvalue weighted by molar-refractivity contribution is 14.1. The molecule has 0 amide bonds. The van der Waals surface area contributed by atoms with E-state index in [1.54, 1.807) is 6.07 Å². The van der Waals surface area contributed by atoms with E-state index in [0.29, 0.717) is 0 Å². The third kappa shape index (κ3) is 3.25. The first-order chi connectivity index (χ1) is 8.70. The van der Waals surface area contributed by atoms with Gasteiger partial charge in [0.2, 0.25) is 0 Å². The van der Waals surface area contributed by atoms with Gasteiger partial charge in [0, 0.05) is 27.7 Å². The number of benzene rings is 1. The summed E-state index contributed by atoms with van der Waals surface area (Å²) in [6.07, 6.45) is 3.21. The van der Waals surface area contributed by atoms with E-state index in [1.807, 2.05) is 0 Å². The van der Waals surface area contributed by atoms with Crippen molar-refractivity contribution in [3.8, 4) is 0 Å². The minimum Gasteiger partial charge on any atom is -0.379 e. The van der Waals surface area contributed by atoms with Gasteiger partial charge in [0.25, 0.3) is 0 Å². The Bertz CT molecular complexity index is 522. The van der Waals surface area contributed by atoms with Crippen LogP contribution in [0, 0.1) is 9.39 Å². The number of nitrogens with one attached hydrogen (secondary N) is 1. The Morgan fingerprint density at radius 3 is 2.89 bits per heavy atom. The van der Waals surface area contributed by atoms with Crippen molar-refractivity contribution in [2.45, 2.75) is 26.4 Å². The summed E-state index contributed by atoms with van der Waals surface area (Å²) in [5.41, 5.74) is 2.22. The van der Waals surface area contributed by atoms with Gasteiger partial charge in [-0.25, -0.2) is 4.39 Å². The first-order valence-corrected chi connectivity index (χ1v) is 7.11. The number of hydrogen-bond acceptors (Lipinski definition) is 1. The van der Waals surface area contributed by atoms with Crippen LogP contribution in [0.15, 0.2) is 36.5 Å². The van der Waals surface area contributed by atoms with Crippen molar-refractivity contribution in [1.29, 1.82) is 0 Å². The van der Waals surface area contributed by atoms with Crippen molar-refractivity contribution in [2.75, 3.05) is 5.32 Å². The highest BCUT2D eigenvalue weighted by Gasteiger charge is 2.03. The van der Waals surface area contributed by atoms with Crippen molar-refractivity contribution < 1.29 is 4.39 Å². The molecule has 0 radical (unpaired) electrons. The average molecular weight is 358 g/mol. The molecule has 4 heteroatoms. The van der Waals surface area contributed by atoms with Gasteiger partial charge in [-0.1, -0.05) is 6.92 Å². The second-order valence-electron chi connectivity index (χ2n) is 4.17. The molecule has 18 heavy (non-hydrogen) atoms. The Morgan fingerprint density at radius 2 is 2.17 bits per heavy atom. The number of halogens is 2. The maximum atomic E-state index is 13.0. The van der Waals surface area contributed by atoms with Crippen LogP contribution < -0.4 is 5.32 Å². The van der Waals surface area contributed by atoms with Crippen molar-refractivity contribution in [3.63, 3.8) is 0 Å². The van der Waals surface area contributed by atoms with E-state index >= 15 is 0 Å². The molecule has 2 nitrogen and oxygen atoms in total. The number of anilines is 1. The summed E-state index contributed by atoms with van der Waals surface area (Å²) < 4.78 is 16.1. The first-order valence-electron chi connectivity index (χ1n) is 6.03. The lowest BCUT2D eigenvalue weighted by Crippen LogP contribution is -2.07. The summed E-state index contributed by atoms with van der Waals surface area (Å²) in [5, 5.41) is 3.35. The number of nitrogens with zero attached hydrogens (tertiary/aromatic N) is 1. The predicted molar refractivity (Wildman–Crippen MR) is 81.2 cm³/mol. The zero-order valence-corrected chi connectivity index (χ0v) is 12.4. The molecule has 1 N–H and O–H groups in total. The predicted octanol–water partition coefficient (Wildman–Crippen LogP) is 4.25. The van der Waals surface area contributed by atoms with E-state index < -0.39 is 0 Å². The third-order valence-electron chi connectivity index (χ3n) is 2.78. The van der Waals surface area contributed by atoms with Gasteiger partial charge in [0.05, 0.1) is 6.54 Å². The van der Waals surface area contributed by atoms with Gasteiger partial charge in [0.15, 0.2) is 0 Å². The van der Waals surface area contributed by atoms with Crippen LogP contribution in [-0.4, -0.2) is 4.57 Å². The van der Waals surface area contributed by atoms with Crippen LogP contribution in [0.1, 0.15) is 19.0 Å². The molecule has 2 aromatic rings. The number of hydrogen-bond donors (Lipinski definition) is 1. The highest BCUT2D eigenvalue weighted by atomic mass is 127. The molecule has 1 aromatic carbocycles. The Balaban J connectivity index is 2.04. The van der Waals surface area contributed by atoms with Crippen molar-refractivity contribution in [3.05, 3.63) is 51.6 Å². The van der Waals surface area contributed by atoms with Crippen LogP contribution in [-0.2, 0) is 13.1 Å². The Morgan fingerprint density at radius 1 is 1.33 bits per heavy atom. The van der Waals surface area contributed by atoms with Crippen molar-refractivity contribution in [1.82, 2.24) is 4.57 Å². The zero-order chi connectivity index (χ0) is 13.0. The molecule has 0 spiro atoms. The third-order valence-corrected chi connectivity index (χ3v) is 3.67. The van der Waals surface area contributed by atoms with E-state index in [4.69, 9.17) is 0 Å². The highest BCUT2D eigenvalue weighted by Crippen LogP contribution is 2.19. The summed E-state index contributed by atoms with van der Waals surface area (Å²) in [4.78, 5) is 0. The van der Waals surface area contributed by atoms with Crippen LogP contribution in [0.5, 0.6) is 0 Å². The summed E-state index contributed by atoms with van der Waals surface area (Å²) in [6, 6.07) is 8.97. The standard InChI is InChI=1S/C14H16FIN2/c1-2-7-18-8-3-4-12(18)10-17-14-6-5-11(15)9-13(14)16/h3-6,8-9,17H,2,7,10H2,1H3. The maximum absolute atomic E-state index is 13.0. The average Bonchev–Trinajstić information content (AvgIpc) is 2.76. The van der Waals surface area contributed by atoms with E-state index in [1.165, 1.54) is 17.8 Å². The van der Waals surface area contributed by atoms with Gasteiger partial charge in [-0.05, 0) is 59.3 Å². The lowest BCUT2D eigenvalue weighted by atomic mass is 10.3. The largest absolute Gasteiger partial charge is 0.379 e. The zero-order valence-electron chi connectivity index (χ0n) is 10.3. The molecule has 2 rings (SSSR count). The van der Waals surface area contributed by atoms with Gasteiger partial charge in [0.1, 0.15) is 5.82 Å². The van der Waals surface area contributed by atoms with E-state index in [-0.39, 0.29) is 5.82 Å². The fourth-order valence-electron chi connectivity index (χ4n) is 1.89. The number of aromatic nitrogens is 1. The van der Waals surface area contributed by atoms with Crippen molar-refractivity contribution >= 4 is 28.3 Å². The Hall–Kier alpha value is -1.04. The SMILES string of the molecule is CCCn1cccc1CNc1ccc(F)cc1I. The molecule has 0 aliphatic heterocycles. The Kier molecular flexibility index (Phi) is 4.63. The first kappa shape index (κ1) is 13.4. The summed E-state index contributed by atoms with van der Waals surface area (Å²) in [7, 11) is 0. The van der Waals surface area contributed by atoms with Crippen LogP contribution in [0.25, 0.3) is 0 Å². The molecule has 1 heterocycles. The van der Waals surface area contributed by atoms with Gasteiger partial charge < -0.3 is 9.88 Å². The molecule has 0 fully saturated rings. The number of aryl methyl sites for hydroxylation is 1. The monoisotopic (exact) mass is 358 g/mol. The normalized spacial score (nSPS) is 10.6. The maximum Gasteiger partial charge on any atom is 0.124 e. The van der Waals surface area contributed by atoms with Gasteiger partial charge >= 0.3 is 0 Å². The Labute approximate surface area is 120 Å². The molecule has 0 atom stereocenters. The quantitative estimate of drug-likeness (QED) is 0.791. The minimum atomic E-state index is -0.195. The molecule has 0 bridgehead atoms. The fourth-order valence-corrected chi connectivity index (χ4v) is 2.56. The molecule has 0 aliphatic rings. The van der Waals surface area contributed by atoms with Crippen LogP contribution in [0.3, 0.4) is 0 Å². The second kappa shape index (κ2) is 6.22. The number of rotatable bonds is 5. The molecule has 0 saturated carbocycles. The van der Waals surface area contributed by atoms with Crippen LogP contribution in [0.2, 0.25) is 0 Å². The van der Waals surface area contributed by atoms with Crippen LogP contribution >= 0.6 is 22.6 Å². The molecule has 1 aromatic heterocycles. The molecule has 0 unspecified atom stereocenters. The van der Waals surface area contributed by atoms with Gasteiger partial charge in [-0.2, -0.15) is 0 Å². The van der Waals surface area contributed by atoms with E-state index in [9.17, 15) is 4.39 Å². The van der Waals surface area contributed by atoms with Gasteiger partial charge in [-0.3, -0.25) is 0 Å². The fraction of sp³-hybridized carbons (Fsp3) is 0.286. The molecule has 0 aliphatic carbocycles. The van der Waals surface area contributed by atoms with Crippen LogP contribution in [0.4, 0.5) is 10.1 Å². The summed E-state index contributed by atoms with van der Waals surface area (Å²) >= 11 is 2.14. The van der Waals surface area contributed by atoms with Crippen molar-refractivity contribution in [2.24, 2.45) is 0 Å². The molecular formula is C14H16FIN2. The lowest BCUT2D eigenvalue weighted by Gasteiger charge is -2.11. The summed E-state index contributed by atoms with van der Waals surface area (Å²) in [5.74, 6) is -0.195. The minimum absolute atomic E-state index is 0.195.